The first-order valence-electron chi connectivity index (χ1n) is 5.58. The summed E-state index contributed by atoms with van der Waals surface area (Å²) in [6.45, 7) is 2.88. The van der Waals surface area contributed by atoms with Gasteiger partial charge in [-0.25, -0.2) is 14.1 Å². The molecule has 0 atom stereocenters. The van der Waals surface area contributed by atoms with Crippen LogP contribution in [0, 0.1) is 5.82 Å². The zero-order valence-corrected chi connectivity index (χ0v) is 11.5. The molecule has 0 aliphatic heterocycles. The van der Waals surface area contributed by atoms with E-state index in [1.807, 2.05) is 13.0 Å². The summed E-state index contributed by atoms with van der Waals surface area (Å²) in [6.07, 6.45) is 1.46. The van der Waals surface area contributed by atoms with Crippen LogP contribution in [0.15, 0.2) is 24.5 Å². The molecule has 0 saturated heterocycles. The first-order chi connectivity index (χ1) is 8.74. The first-order valence-corrected chi connectivity index (χ1v) is 6.70. The molecule has 1 aromatic carbocycles. The van der Waals surface area contributed by atoms with Crippen LogP contribution in [0.4, 0.5) is 4.39 Å². The minimum Gasteiger partial charge on any atom is -0.483 e. The smallest absolute Gasteiger partial charge is 0.165 e. The fourth-order valence-corrected chi connectivity index (χ4v) is 1.90. The molecule has 0 spiro atoms. The van der Waals surface area contributed by atoms with Crippen molar-refractivity contribution in [2.24, 2.45) is 0 Å². The molecule has 0 aliphatic rings. The lowest BCUT2D eigenvalue weighted by atomic mass is 10.2. The Morgan fingerprint density at radius 2 is 2.28 bits per heavy atom. The van der Waals surface area contributed by atoms with Crippen LogP contribution >= 0.6 is 15.9 Å². The summed E-state index contributed by atoms with van der Waals surface area (Å²) in [5, 5.41) is 4.64. The molecule has 0 amide bonds. The van der Waals surface area contributed by atoms with Gasteiger partial charge in [0.2, 0.25) is 0 Å². The molecule has 1 aromatic heterocycles. The molecule has 0 unspecified atom stereocenters. The normalized spacial score (nSPS) is 10.6. The maximum atomic E-state index is 13.7. The summed E-state index contributed by atoms with van der Waals surface area (Å²) in [5.41, 5.74) is 0.872. The minimum atomic E-state index is -0.366. The molecule has 2 rings (SSSR count). The Balaban J connectivity index is 2.06. The molecule has 0 saturated carbocycles. The zero-order chi connectivity index (χ0) is 13.0. The molecule has 0 radical (unpaired) electrons. The van der Waals surface area contributed by atoms with Crippen molar-refractivity contribution in [3.8, 4) is 5.75 Å². The van der Waals surface area contributed by atoms with Gasteiger partial charge in [-0.15, -0.1) is 0 Å². The van der Waals surface area contributed by atoms with E-state index < -0.39 is 0 Å². The van der Waals surface area contributed by atoms with Gasteiger partial charge in [-0.3, -0.25) is 0 Å². The Hall–Kier alpha value is -1.43. The van der Waals surface area contributed by atoms with E-state index >= 15 is 0 Å². The number of ether oxygens (including phenoxy) is 1. The fraction of sp³-hybridized carbons (Fsp3) is 0.333. The summed E-state index contributed by atoms with van der Waals surface area (Å²) in [7, 11) is 0. The number of rotatable bonds is 5. The predicted octanol–water partition coefficient (Wildman–Crippen LogP) is 2.91. The van der Waals surface area contributed by atoms with Gasteiger partial charge in [0.05, 0.1) is 0 Å². The van der Waals surface area contributed by atoms with Crippen molar-refractivity contribution in [1.29, 1.82) is 0 Å². The van der Waals surface area contributed by atoms with E-state index in [9.17, 15) is 4.39 Å². The van der Waals surface area contributed by atoms with Crippen LogP contribution in [0.2, 0.25) is 0 Å². The Morgan fingerprint density at radius 3 is 2.94 bits per heavy atom. The van der Waals surface area contributed by atoms with Gasteiger partial charge >= 0.3 is 0 Å². The number of nitrogens with zero attached hydrogens (tertiary/aromatic N) is 3. The van der Waals surface area contributed by atoms with Crippen LogP contribution < -0.4 is 4.74 Å². The largest absolute Gasteiger partial charge is 0.483 e. The van der Waals surface area contributed by atoms with E-state index in [4.69, 9.17) is 4.74 Å². The van der Waals surface area contributed by atoms with Gasteiger partial charge in [0.1, 0.15) is 12.9 Å². The summed E-state index contributed by atoms with van der Waals surface area (Å²) in [6, 6.07) is 4.89. The molecule has 2 aromatic rings. The van der Waals surface area contributed by atoms with Crippen molar-refractivity contribution in [3.63, 3.8) is 0 Å². The highest BCUT2D eigenvalue weighted by atomic mass is 79.9. The molecule has 6 heteroatoms. The van der Waals surface area contributed by atoms with Gasteiger partial charge in [0.25, 0.3) is 0 Å². The van der Waals surface area contributed by atoms with Crippen molar-refractivity contribution in [3.05, 3.63) is 41.7 Å². The quantitative estimate of drug-likeness (QED) is 0.797. The molecule has 0 N–H and O–H groups in total. The van der Waals surface area contributed by atoms with E-state index in [0.717, 1.165) is 5.56 Å². The Morgan fingerprint density at radius 1 is 1.44 bits per heavy atom. The second-order valence-corrected chi connectivity index (χ2v) is 4.24. The third-order valence-electron chi connectivity index (χ3n) is 2.50. The number of hydrogen-bond acceptors (Lipinski definition) is 3. The van der Waals surface area contributed by atoms with E-state index in [0.29, 0.717) is 17.7 Å². The summed E-state index contributed by atoms with van der Waals surface area (Å²) in [5.74, 6) is 0.543. The SMILES string of the molecule is CCn1ncnc1COc1ccc(CBr)cc1F. The molecule has 4 nitrogen and oxygen atoms in total. The van der Waals surface area contributed by atoms with Crippen molar-refractivity contribution in [2.45, 2.75) is 25.4 Å². The highest BCUT2D eigenvalue weighted by molar-refractivity contribution is 9.08. The van der Waals surface area contributed by atoms with Crippen LogP contribution in [-0.4, -0.2) is 14.8 Å². The van der Waals surface area contributed by atoms with Crippen molar-refractivity contribution in [2.75, 3.05) is 0 Å². The van der Waals surface area contributed by atoms with Gasteiger partial charge in [0.15, 0.2) is 17.4 Å². The highest BCUT2D eigenvalue weighted by Gasteiger charge is 2.07. The maximum absolute atomic E-state index is 13.7. The number of hydrogen-bond donors (Lipinski definition) is 0. The molecular formula is C12H13BrFN3O. The molecule has 0 bridgehead atoms. The molecule has 18 heavy (non-hydrogen) atoms. The van der Waals surface area contributed by atoms with E-state index in [2.05, 4.69) is 26.0 Å². The second-order valence-electron chi connectivity index (χ2n) is 3.68. The minimum absolute atomic E-state index is 0.207. The van der Waals surface area contributed by atoms with Gasteiger partial charge in [-0.2, -0.15) is 5.10 Å². The zero-order valence-electron chi connectivity index (χ0n) is 9.94. The van der Waals surface area contributed by atoms with Crippen molar-refractivity contribution < 1.29 is 9.13 Å². The van der Waals surface area contributed by atoms with Gasteiger partial charge in [-0.1, -0.05) is 22.0 Å². The van der Waals surface area contributed by atoms with Crippen molar-refractivity contribution >= 4 is 15.9 Å². The maximum Gasteiger partial charge on any atom is 0.165 e. The second kappa shape index (κ2) is 5.95. The summed E-state index contributed by atoms with van der Waals surface area (Å²) >= 11 is 3.28. The topological polar surface area (TPSA) is 39.9 Å². The lowest BCUT2D eigenvalue weighted by Crippen LogP contribution is -2.07. The monoisotopic (exact) mass is 313 g/mol. The highest BCUT2D eigenvalue weighted by Crippen LogP contribution is 2.20. The lowest BCUT2D eigenvalue weighted by Gasteiger charge is -2.08. The number of alkyl halides is 1. The van der Waals surface area contributed by atoms with Crippen molar-refractivity contribution in [1.82, 2.24) is 14.8 Å². The van der Waals surface area contributed by atoms with Gasteiger partial charge in [-0.05, 0) is 24.6 Å². The number of aryl methyl sites for hydroxylation is 1. The number of aromatic nitrogens is 3. The van der Waals surface area contributed by atoms with Gasteiger partial charge < -0.3 is 4.74 Å². The average Bonchev–Trinajstić information content (AvgIpc) is 2.84. The fourth-order valence-electron chi connectivity index (χ4n) is 1.55. The number of benzene rings is 1. The van der Waals surface area contributed by atoms with Gasteiger partial charge in [0, 0.05) is 11.9 Å². The summed E-state index contributed by atoms with van der Waals surface area (Å²) < 4.78 is 20.8. The van der Waals surface area contributed by atoms with Crippen LogP contribution in [-0.2, 0) is 18.5 Å². The Kier molecular flexibility index (Phi) is 4.30. The van der Waals surface area contributed by atoms with E-state index in [1.165, 1.54) is 12.4 Å². The lowest BCUT2D eigenvalue weighted by molar-refractivity contribution is 0.273. The average molecular weight is 314 g/mol. The molecular weight excluding hydrogens is 301 g/mol. The predicted molar refractivity (Wildman–Crippen MR) is 69.1 cm³/mol. The van der Waals surface area contributed by atoms with Crippen LogP contribution in [0.5, 0.6) is 5.75 Å². The Labute approximate surface area is 113 Å². The van der Waals surface area contributed by atoms with Crippen LogP contribution in [0.1, 0.15) is 18.3 Å². The first kappa shape index (κ1) is 13.0. The molecule has 0 fully saturated rings. The number of halogens is 2. The van der Waals surface area contributed by atoms with Crippen LogP contribution in [0.25, 0.3) is 0 Å². The molecule has 96 valence electrons. The molecule has 1 heterocycles. The van der Waals surface area contributed by atoms with Crippen LogP contribution in [0.3, 0.4) is 0 Å². The third-order valence-corrected chi connectivity index (χ3v) is 3.15. The standard InChI is InChI=1S/C12H13BrFN3O/c1-2-17-12(15-8-16-17)7-18-11-4-3-9(6-13)5-10(11)14/h3-5,8H,2,6-7H2,1H3. The third kappa shape index (κ3) is 2.87. The van der Waals surface area contributed by atoms with E-state index in [1.54, 1.807) is 10.7 Å². The summed E-state index contributed by atoms with van der Waals surface area (Å²) in [4.78, 5) is 4.06. The molecule has 0 aliphatic carbocycles. The van der Waals surface area contributed by atoms with E-state index in [-0.39, 0.29) is 18.2 Å². The Bertz CT molecular complexity index is 530.